The molecule has 0 saturated carbocycles. The summed E-state index contributed by atoms with van der Waals surface area (Å²) in [5, 5.41) is 13.9. The third kappa shape index (κ3) is 5.54. The van der Waals surface area contributed by atoms with Crippen LogP contribution >= 0.6 is 0 Å². The van der Waals surface area contributed by atoms with Gasteiger partial charge in [0.25, 0.3) is 5.56 Å². The Morgan fingerprint density at radius 2 is 1.95 bits per heavy atom. The van der Waals surface area contributed by atoms with E-state index in [4.69, 9.17) is 14.6 Å². The third-order valence-corrected chi connectivity index (χ3v) is 8.53. The molecule has 0 spiro atoms. The molecule has 0 aliphatic carbocycles. The van der Waals surface area contributed by atoms with Crippen molar-refractivity contribution in [1.29, 1.82) is 5.26 Å². The van der Waals surface area contributed by atoms with Crippen molar-refractivity contribution in [3.05, 3.63) is 52.4 Å². The van der Waals surface area contributed by atoms with Crippen LogP contribution in [0.1, 0.15) is 51.6 Å². The first-order valence-electron chi connectivity index (χ1n) is 14.2. The lowest BCUT2D eigenvalue weighted by atomic mass is 9.96. The van der Waals surface area contributed by atoms with Gasteiger partial charge in [0.05, 0.1) is 36.7 Å². The SMILES string of the molecule is CC[C@H]1CN(C(C)c2ccc(OCC3CCOC3)cc2)[C@H](CC)CN1c1cc(=O)n(C)c2cn(CC#N)nc12. The van der Waals surface area contributed by atoms with Crippen molar-refractivity contribution >= 4 is 16.7 Å². The lowest BCUT2D eigenvalue weighted by Gasteiger charge is -2.49. The number of ether oxygens (including phenoxy) is 2. The van der Waals surface area contributed by atoms with Crippen LogP contribution in [0.3, 0.4) is 0 Å². The molecule has 0 radical (unpaired) electrons. The van der Waals surface area contributed by atoms with Gasteiger partial charge in [-0.3, -0.25) is 14.4 Å². The molecule has 2 fully saturated rings. The van der Waals surface area contributed by atoms with E-state index in [1.54, 1.807) is 28.6 Å². The summed E-state index contributed by atoms with van der Waals surface area (Å²) >= 11 is 0. The van der Waals surface area contributed by atoms with Gasteiger partial charge in [-0.15, -0.1) is 0 Å². The fraction of sp³-hybridized carbons (Fsp3) is 0.567. The van der Waals surface area contributed by atoms with Gasteiger partial charge in [-0.05, 0) is 43.9 Å². The van der Waals surface area contributed by atoms with Crippen LogP contribution in [0.15, 0.2) is 41.3 Å². The van der Waals surface area contributed by atoms with Gasteiger partial charge in [-0.2, -0.15) is 10.4 Å². The summed E-state index contributed by atoms with van der Waals surface area (Å²) in [6, 6.07) is 13.2. The molecule has 39 heavy (non-hydrogen) atoms. The standard InChI is InChI=1S/C30H40N6O3/c1-5-24-17-36(27-15-29(37)33(4)28-18-34(13-12-31)32-30(27)28)25(6-2)16-35(24)21(3)23-7-9-26(10-8-23)39-20-22-11-14-38-19-22/h7-10,15,18,21-22,24-25H,5-6,11,13-14,16-17,19-20H2,1-4H3/t21?,22?,24-,25+/m1/s1. The second kappa shape index (κ2) is 11.8. The second-order valence-corrected chi connectivity index (χ2v) is 10.9. The topological polar surface area (TPSA) is 88.5 Å². The molecule has 0 N–H and O–H groups in total. The molecule has 3 aromatic rings. The summed E-state index contributed by atoms with van der Waals surface area (Å²) in [6.45, 7) is 10.9. The molecule has 5 rings (SSSR count). The lowest BCUT2D eigenvalue weighted by molar-refractivity contribution is 0.101. The van der Waals surface area contributed by atoms with Gasteiger partial charge in [0.15, 0.2) is 0 Å². The van der Waals surface area contributed by atoms with Crippen molar-refractivity contribution in [2.24, 2.45) is 13.0 Å². The Kier molecular flexibility index (Phi) is 8.24. The number of aryl methyl sites for hydroxylation is 1. The van der Waals surface area contributed by atoms with Crippen molar-refractivity contribution in [2.75, 3.05) is 37.8 Å². The largest absolute Gasteiger partial charge is 0.493 e. The third-order valence-electron chi connectivity index (χ3n) is 8.53. The summed E-state index contributed by atoms with van der Waals surface area (Å²) in [4.78, 5) is 17.9. The summed E-state index contributed by atoms with van der Waals surface area (Å²) in [6.07, 6.45) is 4.82. The Morgan fingerprint density at radius 3 is 2.62 bits per heavy atom. The highest BCUT2D eigenvalue weighted by molar-refractivity contribution is 5.88. The summed E-state index contributed by atoms with van der Waals surface area (Å²) in [7, 11) is 1.76. The molecule has 0 amide bonds. The minimum absolute atomic E-state index is 0.0597. The zero-order chi connectivity index (χ0) is 27.5. The predicted octanol–water partition coefficient (Wildman–Crippen LogP) is 4.11. The Labute approximate surface area is 230 Å². The van der Waals surface area contributed by atoms with E-state index in [-0.39, 0.29) is 24.2 Å². The van der Waals surface area contributed by atoms with Gasteiger partial charge < -0.3 is 18.9 Å². The van der Waals surface area contributed by atoms with Crippen LogP contribution in [0.2, 0.25) is 0 Å². The second-order valence-electron chi connectivity index (χ2n) is 10.9. The number of nitriles is 1. The van der Waals surface area contributed by atoms with Crippen LogP contribution in [0.4, 0.5) is 5.69 Å². The molecule has 2 aliphatic rings. The van der Waals surface area contributed by atoms with E-state index in [9.17, 15) is 10.1 Å². The summed E-state index contributed by atoms with van der Waals surface area (Å²) in [5.74, 6) is 1.40. The van der Waals surface area contributed by atoms with Crippen molar-refractivity contribution in [1.82, 2.24) is 19.2 Å². The van der Waals surface area contributed by atoms with Gasteiger partial charge in [0.1, 0.15) is 17.8 Å². The van der Waals surface area contributed by atoms with Crippen LogP contribution in [0, 0.1) is 17.2 Å². The Hall–Kier alpha value is -3.35. The van der Waals surface area contributed by atoms with Crippen molar-refractivity contribution < 1.29 is 9.47 Å². The summed E-state index contributed by atoms with van der Waals surface area (Å²) < 4.78 is 14.7. The Bertz CT molecular complexity index is 1370. The van der Waals surface area contributed by atoms with Crippen molar-refractivity contribution in [2.45, 2.75) is 64.7 Å². The lowest BCUT2D eigenvalue weighted by Crippen LogP contribution is -2.58. The molecule has 9 heteroatoms. The molecular weight excluding hydrogens is 492 g/mol. The van der Waals surface area contributed by atoms with Crippen LogP contribution in [-0.2, 0) is 18.3 Å². The van der Waals surface area contributed by atoms with Crippen LogP contribution < -0.4 is 15.2 Å². The van der Waals surface area contributed by atoms with E-state index in [1.165, 1.54) is 5.56 Å². The number of pyridine rings is 1. The smallest absolute Gasteiger partial charge is 0.252 e. The van der Waals surface area contributed by atoms with Crippen molar-refractivity contribution in [3.8, 4) is 11.8 Å². The Morgan fingerprint density at radius 1 is 1.18 bits per heavy atom. The van der Waals surface area contributed by atoms with E-state index in [0.29, 0.717) is 18.6 Å². The van der Waals surface area contributed by atoms with Gasteiger partial charge in [0.2, 0.25) is 0 Å². The number of aromatic nitrogens is 3. The maximum atomic E-state index is 12.9. The Balaban J connectivity index is 1.36. The highest BCUT2D eigenvalue weighted by Gasteiger charge is 2.36. The van der Waals surface area contributed by atoms with E-state index >= 15 is 0 Å². The number of nitrogens with zero attached hydrogens (tertiary/aromatic N) is 6. The molecule has 208 valence electrons. The normalized spacial score (nSPS) is 22.7. The first-order chi connectivity index (χ1) is 18.9. The maximum Gasteiger partial charge on any atom is 0.252 e. The number of benzene rings is 1. The molecule has 4 atom stereocenters. The number of hydrogen-bond donors (Lipinski definition) is 0. The average Bonchev–Trinajstić information content (AvgIpc) is 3.64. The minimum Gasteiger partial charge on any atom is -0.493 e. The number of piperazine rings is 1. The highest BCUT2D eigenvalue weighted by atomic mass is 16.5. The zero-order valence-electron chi connectivity index (χ0n) is 23.5. The van der Waals surface area contributed by atoms with Crippen LogP contribution in [0.5, 0.6) is 5.75 Å². The molecule has 2 aliphatic heterocycles. The van der Waals surface area contributed by atoms with Crippen LogP contribution in [0.25, 0.3) is 11.0 Å². The number of anilines is 1. The zero-order valence-corrected chi connectivity index (χ0v) is 23.5. The van der Waals surface area contributed by atoms with Gasteiger partial charge in [-0.25, -0.2) is 0 Å². The molecule has 0 bridgehead atoms. The number of fused-ring (bicyclic) bond motifs is 1. The maximum absolute atomic E-state index is 12.9. The molecule has 4 heterocycles. The summed E-state index contributed by atoms with van der Waals surface area (Å²) in [5.41, 5.74) is 3.63. The molecule has 2 saturated heterocycles. The van der Waals surface area contributed by atoms with E-state index < -0.39 is 0 Å². The average molecular weight is 533 g/mol. The van der Waals surface area contributed by atoms with Gasteiger partial charge in [-0.1, -0.05) is 26.0 Å². The molecular formula is C30H40N6O3. The molecule has 9 nitrogen and oxygen atoms in total. The molecule has 2 aromatic heterocycles. The monoisotopic (exact) mass is 532 g/mol. The fourth-order valence-corrected chi connectivity index (χ4v) is 6.03. The fourth-order valence-electron chi connectivity index (χ4n) is 6.03. The molecule has 2 unspecified atom stereocenters. The van der Waals surface area contributed by atoms with E-state index in [0.717, 1.165) is 68.0 Å². The molecule has 1 aromatic carbocycles. The van der Waals surface area contributed by atoms with E-state index in [1.807, 2.05) is 0 Å². The predicted molar refractivity (Wildman–Crippen MR) is 152 cm³/mol. The van der Waals surface area contributed by atoms with Crippen molar-refractivity contribution in [3.63, 3.8) is 0 Å². The van der Waals surface area contributed by atoms with Gasteiger partial charge in [0, 0.05) is 56.9 Å². The quantitative estimate of drug-likeness (QED) is 0.410. The van der Waals surface area contributed by atoms with Gasteiger partial charge >= 0.3 is 0 Å². The van der Waals surface area contributed by atoms with Crippen LogP contribution in [-0.4, -0.2) is 64.2 Å². The number of rotatable bonds is 9. The minimum atomic E-state index is -0.0597. The first kappa shape index (κ1) is 27.2. The number of hydrogen-bond acceptors (Lipinski definition) is 7. The first-order valence-corrected chi connectivity index (χ1v) is 14.2. The highest BCUT2D eigenvalue weighted by Crippen LogP contribution is 2.34. The van der Waals surface area contributed by atoms with E-state index in [2.05, 4.69) is 60.9 Å².